The Labute approximate surface area is 216 Å². The minimum atomic E-state index is -1.00. The first-order chi connectivity index (χ1) is 18.2. The molecule has 0 amide bonds. The maximum Gasteiger partial charge on any atom is 0.514 e. The van der Waals surface area contributed by atoms with E-state index < -0.39 is 11.1 Å². The third-order valence-corrected chi connectivity index (χ3v) is 5.80. The predicted octanol–water partition coefficient (Wildman–Crippen LogP) is 2.77. The normalized spacial score (nSPS) is 16.9. The fraction of sp³-hybridized carbons (Fsp3) is 0.375. The monoisotopic (exact) mass is 527 g/mol. The number of carbonyl (C=O) groups is 2. The van der Waals surface area contributed by atoms with Crippen molar-refractivity contribution in [2.75, 3.05) is 20.3 Å². The van der Waals surface area contributed by atoms with Gasteiger partial charge in [-0.2, -0.15) is 0 Å². The molecule has 4 rings (SSSR count). The summed E-state index contributed by atoms with van der Waals surface area (Å²) in [5.74, 6) is -0.0996. The molecule has 1 saturated heterocycles. The fourth-order valence-corrected chi connectivity index (χ4v) is 3.82. The molecule has 3 heterocycles. The highest BCUT2D eigenvalue weighted by Crippen LogP contribution is 2.27. The Morgan fingerprint density at radius 2 is 1.95 bits per heavy atom. The zero-order valence-corrected chi connectivity index (χ0v) is 20.9. The van der Waals surface area contributed by atoms with E-state index in [1.165, 1.54) is 36.1 Å². The fourth-order valence-electron chi connectivity index (χ4n) is 3.82. The number of non-ortho nitro benzene ring substituents is 1. The summed E-state index contributed by atoms with van der Waals surface area (Å²) < 4.78 is 28.0. The molecular weight excluding hydrogens is 502 g/mol. The second-order valence-electron chi connectivity index (χ2n) is 8.41. The molecule has 1 aliphatic rings. The molecule has 1 aliphatic heterocycles. The maximum atomic E-state index is 12.2. The van der Waals surface area contributed by atoms with E-state index >= 15 is 0 Å². The smallest absolute Gasteiger partial charge is 0.486 e. The summed E-state index contributed by atoms with van der Waals surface area (Å²) in [6.07, 6.45) is -0.865. The molecule has 14 nitrogen and oxygen atoms in total. The molecular formula is C24H25N5O9. The first kappa shape index (κ1) is 26.5. The molecule has 1 aromatic carbocycles. The van der Waals surface area contributed by atoms with Gasteiger partial charge in [0.15, 0.2) is 0 Å². The van der Waals surface area contributed by atoms with Gasteiger partial charge in [0.1, 0.15) is 35.6 Å². The van der Waals surface area contributed by atoms with Crippen molar-refractivity contribution in [3.63, 3.8) is 0 Å². The molecule has 0 unspecified atom stereocenters. The average Bonchev–Trinajstić information content (AvgIpc) is 3.28. The first-order valence-electron chi connectivity index (χ1n) is 11.5. The summed E-state index contributed by atoms with van der Waals surface area (Å²) in [7, 11) is 2.98. The molecule has 14 heteroatoms. The van der Waals surface area contributed by atoms with Gasteiger partial charge in [0, 0.05) is 25.6 Å². The zero-order valence-electron chi connectivity index (χ0n) is 20.9. The minimum absolute atomic E-state index is 0.0955. The van der Waals surface area contributed by atoms with Gasteiger partial charge in [0.05, 0.1) is 42.6 Å². The number of esters is 1. The third kappa shape index (κ3) is 6.21. The standard InChI is InChI=1S/C24H25N5O9/c1-14-21(37-18-10-15(11-35-12-18)23(30)34-3)9-8-19(25-14)22-20(28(2)27-26-22)13-36-24(31)38-17-6-4-16(5-7-17)29(32)33/h4-9,15,18H,10-13H2,1-3H3/t15-,18+/m0/s1. The van der Waals surface area contributed by atoms with Crippen LogP contribution < -0.4 is 9.47 Å². The number of rotatable bonds is 8. The van der Waals surface area contributed by atoms with Gasteiger partial charge in [-0.15, -0.1) is 5.10 Å². The van der Waals surface area contributed by atoms with Crippen LogP contribution in [0.3, 0.4) is 0 Å². The summed E-state index contributed by atoms with van der Waals surface area (Å²) in [4.78, 5) is 38.8. The quantitative estimate of drug-likeness (QED) is 0.182. The van der Waals surface area contributed by atoms with Crippen LogP contribution in [0.25, 0.3) is 11.4 Å². The number of aryl methyl sites for hydroxylation is 2. The summed E-state index contributed by atoms with van der Waals surface area (Å²) in [6.45, 7) is 2.20. The van der Waals surface area contributed by atoms with Gasteiger partial charge in [-0.05, 0) is 31.2 Å². The van der Waals surface area contributed by atoms with Gasteiger partial charge < -0.3 is 23.7 Å². The van der Waals surface area contributed by atoms with Gasteiger partial charge in [-0.25, -0.2) is 14.5 Å². The number of hydrogen-bond acceptors (Lipinski definition) is 12. The van der Waals surface area contributed by atoms with E-state index in [9.17, 15) is 19.7 Å². The molecule has 0 radical (unpaired) electrons. The van der Waals surface area contributed by atoms with Crippen LogP contribution in [-0.2, 0) is 32.7 Å². The van der Waals surface area contributed by atoms with Crippen molar-refractivity contribution in [3.8, 4) is 22.9 Å². The van der Waals surface area contributed by atoms with Crippen molar-refractivity contribution >= 4 is 17.8 Å². The van der Waals surface area contributed by atoms with Gasteiger partial charge in [0.2, 0.25) is 0 Å². The molecule has 0 saturated carbocycles. The number of carbonyl (C=O) groups excluding carboxylic acids is 2. The molecule has 2 atom stereocenters. The van der Waals surface area contributed by atoms with E-state index in [1.54, 1.807) is 26.1 Å². The molecule has 0 N–H and O–H groups in total. The van der Waals surface area contributed by atoms with E-state index in [0.717, 1.165) is 0 Å². The first-order valence-corrected chi connectivity index (χ1v) is 11.5. The van der Waals surface area contributed by atoms with E-state index in [-0.39, 0.29) is 36.0 Å². The molecule has 3 aromatic rings. The average molecular weight is 527 g/mol. The van der Waals surface area contributed by atoms with Crippen molar-refractivity contribution in [2.45, 2.75) is 26.1 Å². The molecule has 0 aliphatic carbocycles. The van der Waals surface area contributed by atoms with Gasteiger partial charge in [-0.3, -0.25) is 14.9 Å². The number of ether oxygens (including phenoxy) is 5. The highest BCUT2D eigenvalue weighted by atomic mass is 16.7. The number of nitro groups is 1. The molecule has 2 aromatic heterocycles. The summed E-state index contributed by atoms with van der Waals surface area (Å²) >= 11 is 0. The van der Waals surface area contributed by atoms with Crippen LogP contribution in [0.5, 0.6) is 11.5 Å². The predicted molar refractivity (Wildman–Crippen MR) is 128 cm³/mol. The van der Waals surface area contributed by atoms with Crippen molar-refractivity contribution < 1.29 is 38.2 Å². The Balaban J connectivity index is 1.40. The highest BCUT2D eigenvalue weighted by molar-refractivity contribution is 5.72. The minimum Gasteiger partial charge on any atom is -0.486 e. The largest absolute Gasteiger partial charge is 0.514 e. The lowest BCUT2D eigenvalue weighted by Gasteiger charge is -2.28. The summed E-state index contributed by atoms with van der Waals surface area (Å²) in [5, 5.41) is 18.9. The van der Waals surface area contributed by atoms with Crippen molar-refractivity contribution in [1.29, 1.82) is 0 Å². The lowest BCUT2D eigenvalue weighted by atomic mass is 10.0. The number of pyridine rings is 1. The summed E-state index contributed by atoms with van der Waals surface area (Å²) in [6, 6.07) is 8.45. The Morgan fingerprint density at radius 3 is 2.63 bits per heavy atom. The maximum absolute atomic E-state index is 12.2. The molecule has 0 spiro atoms. The van der Waals surface area contributed by atoms with Crippen LogP contribution in [0.2, 0.25) is 0 Å². The molecule has 38 heavy (non-hydrogen) atoms. The van der Waals surface area contributed by atoms with Crippen LogP contribution in [0.1, 0.15) is 17.8 Å². The van der Waals surface area contributed by atoms with Crippen LogP contribution in [0.15, 0.2) is 36.4 Å². The van der Waals surface area contributed by atoms with E-state index in [4.69, 9.17) is 23.7 Å². The number of hydrogen-bond donors (Lipinski definition) is 0. The Hall–Kier alpha value is -4.59. The summed E-state index contributed by atoms with van der Waals surface area (Å²) in [5.41, 5.74) is 1.80. The lowest BCUT2D eigenvalue weighted by Crippen LogP contribution is -2.37. The van der Waals surface area contributed by atoms with E-state index in [1.807, 2.05) is 0 Å². The van der Waals surface area contributed by atoms with Gasteiger partial charge >= 0.3 is 12.1 Å². The zero-order chi connectivity index (χ0) is 27.2. The van der Waals surface area contributed by atoms with E-state index in [2.05, 4.69) is 15.3 Å². The Kier molecular flexibility index (Phi) is 8.11. The van der Waals surface area contributed by atoms with Crippen LogP contribution in [0, 0.1) is 23.0 Å². The lowest BCUT2D eigenvalue weighted by molar-refractivity contribution is -0.384. The Morgan fingerprint density at radius 1 is 1.18 bits per heavy atom. The van der Waals surface area contributed by atoms with Crippen LogP contribution >= 0.6 is 0 Å². The molecule has 1 fully saturated rings. The van der Waals surface area contributed by atoms with Crippen LogP contribution in [0.4, 0.5) is 10.5 Å². The second-order valence-corrected chi connectivity index (χ2v) is 8.41. The van der Waals surface area contributed by atoms with Crippen LogP contribution in [-0.4, -0.2) is 63.5 Å². The van der Waals surface area contributed by atoms with Gasteiger partial charge in [0.25, 0.3) is 5.69 Å². The highest BCUT2D eigenvalue weighted by Gasteiger charge is 2.30. The Bertz CT molecular complexity index is 1330. The number of methoxy groups -OCH3 is 1. The van der Waals surface area contributed by atoms with Gasteiger partial charge in [-0.1, -0.05) is 5.21 Å². The van der Waals surface area contributed by atoms with Crippen molar-refractivity contribution in [1.82, 2.24) is 20.0 Å². The third-order valence-electron chi connectivity index (χ3n) is 5.80. The van der Waals surface area contributed by atoms with E-state index in [0.29, 0.717) is 48.2 Å². The van der Waals surface area contributed by atoms with Crippen molar-refractivity contribution in [3.05, 3.63) is 57.9 Å². The second kappa shape index (κ2) is 11.6. The number of benzene rings is 1. The molecule has 0 bridgehead atoms. The number of aromatic nitrogens is 4. The topological polar surface area (TPSA) is 167 Å². The number of nitrogens with zero attached hydrogens (tertiary/aromatic N) is 5. The van der Waals surface area contributed by atoms with Crippen molar-refractivity contribution in [2.24, 2.45) is 13.0 Å². The number of nitro benzene ring substituents is 1. The SMILES string of the molecule is COC(=O)[C@@H]1COC[C@H](Oc2ccc(-c3nnn(C)c3COC(=O)Oc3ccc([N+](=O)[O-])cc3)nc2C)C1. The molecule has 200 valence electrons.